The first-order chi connectivity index (χ1) is 16.6. The van der Waals surface area contributed by atoms with Crippen LogP contribution in [0.4, 0.5) is 0 Å². The number of carbonyl (C=O) groups is 2. The zero-order chi connectivity index (χ0) is 23.2. The average Bonchev–Trinajstić information content (AvgIpc) is 3.20. The van der Waals surface area contributed by atoms with E-state index in [-0.39, 0.29) is 12.5 Å². The summed E-state index contributed by atoms with van der Waals surface area (Å²) in [5.41, 5.74) is 6.42. The van der Waals surface area contributed by atoms with Crippen molar-refractivity contribution in [2.24, 2.45) is 0 Å². The molecule has 2 aromatic heterocycles. The van der Waals surface area contributed by atoms with Gasteiger partial charge in [0.15, 0.2) is 6.61 Å². The summed E-state index contributed by atoms with van der Waals surface area (Å²) >= 11 is 0. The Hall–Kier alpha value is -3.51. The molecular formula is C28H27N3O3. The van der Waals surface area contributed by atoms with E-state index in [1.54, 1.807) is 4.57 Å². The highest BCUT2D eigenvalue weighted by Crippen LogP contribution is 2.32. The number of aryl methyl sites for hydroxylation is 1. The van der Waals surface area contributed by atoms with Crippen LogP contribution in [0.15, 0.2) is 48.5 Å². The van der Waals surface area contributed by atoms with E-state index in [1.807, 2.05) is 49.5 Å². The molecule has 172 valence electrons. The van der Waals surface area contributed by atoms with Crippen molar-refractivity contribution in [3.63, 3.8) is 0 Å². The van der Waals surface area contributed by atoms with E-state index in [4.69, 9.17) is 9.72 Å². The van der Waals surface area contributed by atoms with Gasteiger partial charge in [-0.1, -0.05) is 36.4 Å². The van der Waals surface area contributed by atoms with Gasteiger partial charge in [-0.2, -0.15) is 0 Å². The van der Waals surface area contributed by atoms with E-state index < -0.39 is 5.97 Å². The third-order valence-electron chi connectivity index (χ3n) is 7.20. The summed E-state index contributed by atoms with van der Waals surface area (Å²) < 4.78 is 7.49. The van der Waals surface area contributed by atoms with Gasteiger partial charge >= 0.3 is 5.97 Å². The lowest BCUT2D eigenvalue weighted by atomic mass is 9.95. The third-order valence-corrected chi connectivity index (χ3v) is 7.20. The highest BCUT2D eigenvalue weighted by molar-refractivity contribution is 6.06. The summed E-state index contributed by atoms with van der Waals surface area (Å²) in [5, 5.41) is 1.91. The number of rotatable bonds is 3. The van der Waals surface area contributed by atoms with Crippen molar-refractivity contribution < 1.29 is 14.3 Å². The minimum absolute atomic E-state index is 0.197. The molecule has 6 nitrogen and oxygen atoms in total. The van der Waals surface area contributed by atoms with E-state index in [9.17, 15) is 9.59 Å². The van der Waals surface area contributed by atoms with Crippen LogP contribution < -0.4 is 0 Å². The fourth-order valence-corrected chi connectivity index (χ4v) is 5.60. The molecule has 4 aromatic rings. The van der Waals surface area contributed by atoms with E-state index in [0.29, 0.717) is 12.1 Å². The van der Waals surface area contributed by atoms with E-state index in [2.05, 4.69) is 11.0 Å². The average molecular weight is 454 g/mol. The van der Waals surface area contributed by atoms with Gasteiger partial charge in [0.2, 0.25) is 0 Å². The number of hydrogen-bond acceptors (Lipinski definition) is 5. The summed E-state index contributed by atoms with van der Waals surface area (Å²) in [6, 6.07) is 15.7. The van der Waals surface area contributed by atoms with Gasteiger partial charge in [0.1, 0.15) is 0 Å². The van der Waals surface area contributed by atoms with Crippen LogP contribution in [-0.2, 0) is 30.5 Å². The van der Waals surface area contributed by atoms with Crippen molar-refractivity contribution >= 4 is 33.7 Å². The van der Waals surface area contributed by atoms with Crippen molar-refractivity contribution in [3.8, 4) is 0 Å². The first-order valence-electron chi connectivity index (χ1n) is 12.0. The molecule has 2 aliphatic rings. The first-order valence-corrected chi connectivity index (χ1v) is 12.0. The molecule has 1 aliphatic carbocycles. The molecule has 0 atom stereocenters. The largest absolute Gasteiger partial charge is 0.452 e. The molecule has 0 N–H and O–H groups in total. The first kappa shape index (κ1) is 21.1. The van der Waals surface area contributed by atoms with Crippen LogP contribution >= 0.6 is 0 Å². The summed E-state index contributed by atoms with van der Waals surface area (Å²) in [6.07, 6.45) is 4.85. The van der Waals surface area contributed by atoms with Gasteiger partial charge in [-0.3, -0.25) is 14.3 Å². The Morgan fingerprint density at radius 2 is 1.71 bits per heavy atom. The molecule has 0 amide bonds. The molecule has 2 aromatic carbocycles. The van der Waals surface area contributed by atoms with Crippen molar-refractivity contribution in [2.75, 3.05) is 20.2 Å². The predicted octanol–water partition coefficient (Wildman–Crippen LogP) is 4.55. The van der Waals surface area contributed by atoms with Crippen LogP contribution in [-0.4, -0.2) is 46.5 Å². The number of likely N-dealkylation sites (N-methyl/N-ethyl adjacent to an activating group) is 1. The second kappa shape index (κ2) is 8.37. The van der Waals surface area contributed by atoms with Gasteiger partial charge in [-0.05, 0) is 50.4 Å². The number of aromatic nitrogens is 2. The van der Waals surface area contributed by atoms with E-state index >= 15 is 0 Å². The normalized spacial score (nSPS) is 15.8. The molecule has 0 unspecified atom stereocenters. The maximum absolute atomic E-state index is 13.4. The SMILES string of the molecule is CN1CCc2nc3ccccc3c(C(=O)OCC(=O)n3c4c(c5ccccc53)CCCC4)c2C1. The number of hydrogen-bond donors (Lipinski definition) is 0. The maximum atomic E-state index is 13.4. The summed E-state index contributed by atoms with van der Waals surface area (Å²) in [6.45, 7) is 1.25. The lowest BCUT2D eigenvalue weighted by molar-refractivity contribution is 0.0449. The van der Waals surface area contributed by atoms with Gasteiger partial charge in [0, 0.05) is 47.2 Å². The number of benzene rings is 2. The van der Waals surface area contributed by atoms with Gasteiger partial charge in [0.25, 0.3) is 5.91 Å². The van der Waals surface area contributed by atoms with Crippen LogP contribution in [0.1, 0.15) is 50.5 Å². The number of ether oxygens (including phenoxy) is 1. The Bertz CT molecular complexity index is 1450. The zero-order valence-electron chi connectivity index (χ0n) is 19.3. The quantitative estimate of drug-likeness (QED) is 0.426. The summed E-state index contributed by atoms with van der Waals surface area (Å²) in [4.78, 5) is 33.8. The van der Waals surface area contributed by atoms with Crippen LogP contribution in [0.5, 0.6) is 0 Å². The number of fused-ring (bicyclic) bond motifs is 5. The van der Waals surface area contributed by atoms with Crippen molar-refractivity contribution in [1.29, 1.82) is 0 Å². The molecule has 0 saturated carbocycles. The molecule has 0 spiro atoms. The van der Waals surface area contributed by atoms with Crippen molar-refractivity contribution in [3.05, 3.63) is 76.6 Å². The van der Waals surface area contributed by atoms with Crippen LogP contribution in [0.2, 0.25) is 0 Å². The fourth-order valence-electron chi connectivity index (χ4n) is 5.60. The number of pyridine rings is 1. The second-order valence-corrected chi connectivity index (χ2v) is 9.37. The number of carbonyl (C=O) groups excluding carboxylic acids is 2. The van der Waals surface area contributed by atoms with Crippen LogP contribution in [0.25, 0.3) is 21.8 Å². The Balaban J connectivity index is 1.34. The minimum Gasteiger partial charge on any atom is -0.452 e. The van der Waals surface area contributed by atoms with E-state index in [1.165, 1.54) is 5.56 Å². The van der Waals surface area contributed by atoms with Crippen molar-refractivity contribution in [2.45, 2.75) is 38.6 Å². The monoisotopic (exact) mass is 453 g/mol. The van der Waals surface area contributed by atoms with Crippen LogP contribution in [0, 0.1) is 0 Å². The van der Waals surface area contributed by atoms with Gasteiger partial charge in [0.05, 0.1) is 16.6 Å². The number of esters is 1. The molecule has 34 heavy (non-hydrogen) atoms. The number of nitrogens with zero attached hydrogens (tertiary/aromatic N) is 3. The molecule has 1 aliphatic heterocycles. The number of para-hydroxylation sites is 2. The Labute approximate surface area is 198 Å². The van der Waals surface area contributed by atoms with Gasteiger partial charge in [-0.25, -0.2) is 4.79 Å². The predicted molar refractivity (Wildman–Crippen MR) is 131 cm³/mol. The molecule has 0 saturated heterocycles. The molecule has 0 bridgehead atoms. The lowest BCUT2D eigenvalue weighted by Crippen LogP contribution is -2.30. The fraction of sp³-hybridized carbons (Fsp3) is 0.321. The standard InChI is InChI=1S/C28H27N3O3/c1-30-15-14-23-21(16-30)27(20-10-2-5-11-22(20)29-23)28(33)34-17-26(32)31-24-12-6-3-8-18(24)19-9-4-7-13-25(19)31/h2-3,5-6,8,10-12H,4,7,9,13-17H2,1H3. The third kappa shape index (κ3) is 3.41. The van der Waals surface area contributed by atoms with Crippen molar-refractivity contribution in [1.82, 2.24) is 14.5 Å². The smallest absolute Gasteiger partial charge is 0.339 e. The highest BCUT2D eigenvalue weighted by Gasteiger charge is 2.27. The Kier molecular flexibility index (Phi) is 5.18. The molecular weight excluding hydrogens is 426 g/mol. The maximum Gasteiger partial charge on any atom is 0.339 e. The Morgan fingerprint density at radius 1 is 0.941 bits per heavy atom. The molecule has 0 radical (unpaired) electrons. The molecule has 6 rings (SSSR count). The van der Waals surface area contributed by atoms with Gasteiger partial charge < -0.3 is 9.64 Å². The van der Waals surface area contributed by atoms with Gasteiger partial charge in [-0.15, -0.1) is 0 Å². The summed E-state index contributed by atoms with van der Waals surface area (Å²) in [7, 11) is 2.04. The molecule has 6 heteroatoms. The lowest BCUT2D eigenvalue weighted by Gasteiger charge is -2.26. The highest BCUT2D eigenvalue weighted by atomic mass is 16.5. The second-order valence-electron chi connectivity index (χ2n) is 9.37. The zero-order valence-corrected chi connectivity index (χ0v) is 19.3. The Morgan fingerprint density at radius 3 is 2.59 bits per heavy atom. The molecule has 0 fully saturated rings. The summed E-state index contributed by atoms with van der Waals surface area (Å²) in [5.74, 6) is -0.652. The topological polar surface area (TPSA) is 64.4 Å². The minimum atomic E-state index is -0.455. The van der Waals surface area contributed by atoms with E-state index in [0.717, 1.165) is 77.4 Å². The molecule has 3 heterocycles. The van der Waals surface area contributed by atoms with Crippen LogP contribution in [0.3, 0.4) is 0 Å².